The number of aromatic amines is 1. The first-order chi connectivity index (χ1) is 5.68. The molecular weight excluding hydrogens is 154 g/mol. The summed E-state index contributed by atoms with van der Waals surface area (Å²) in [5.41, 5.74) is 1.10. The Morgan fingerprint density at radius 1 is 1.75 bits per heavy atom. The van der Waals surface area contributed by atoms with Crippen molar-refractivity contribution in [1.82, 2.24) is 4.98 Å². The quantitative estimate of drug-likeness (QED) is 0.716. The van der Waals surface area contributed by atoms with E-state index < -0.39 is 5.97 Å². The minimum absolute atomic E-state index is 0.196. The molecule has 0 radical (unpaired) electrons. The van der Waals surface area contributed by atoms with E-state index in [4.69, 9.17) is 5.11 Å². The number of H-pyrrole nitrogens is 1. The SMILES string of the molecule is CC(CC(=O)O)Cc1ccc[nH]1. The first-order valence-electron chi connectivity index (χ1n) is 4.02. The Hall–Kier alpha value is -1.25. The van der Waals surface area contributed by atoms with Crippen LogP contribution in [0.5, 0.6) is 0 Å². The number of hydrogen-bond donors (Lipinski definition) is 2. The lowest BCUT2D eigenvalue weighted by molar-refractivity contribution is -0.137. The van der Waals surface area contributed by atoms with Gasteiger partial charge in [-0.25, -0.2) is 0 Å². The van der Waals surface area contributed by atoms with Crippen LogP contribution in [0.2, 0.25) is 0 Å². The number of carboxylic acid groups (broad SMARTS) is 1. The summed E-state index contributed by atoms with van der Waals surface area (Å²) in [5, 5.41) is 8.50. The van der Waals surface area contributed by atoms with E-state index in [-0.39, 0.29) is 12.3 Å². The van der Waals surface area contributed by atoms with Gasteiger partial charge in [0.2, 0.25) is 0 Å². The molecule has 3 nitrogen and oxygen atoms in total. The van der Waals surface area contributed by atoms with Gasteiger partial charge in [0.1, 0.15) is 0 Å². The zero-order valence-electron chi connectivity index (χ0n) is 7.08. The van der Waals surface area contributed by atoms with Crippen molar-refractivity contribution in [3.8, 4) is 0 Å². The van der Waals surface area contributed by atoms with Crippen LogP contribution >= 0.6 is 0 Å². The van der Waals surface area contributed by atoms with Crippen molar-refractivity contribution in [2.45, 2.75) is 19.8 Å². The third-order valence-corrected chi connectivity index (χ3v) is 1.75. The molecule has 0 saturated heterocycles. The van der Waals surface area contributed by atoms with Crippen molar-refractivity contribution in [2.24, 2.45) is 5.92 Å². The predicted octanol–water partition coefficient (Wildman–Crippen LogP) is 1.67. The molecule has 2 N–H and O–H groups in total. The molecule has 1 atom stereocenters. The van der Waals surface area contributed by atoms with Gasteiger partial charge in [-0.3, -0.25) is 4.79 Å². The first-order valence-corrected chi connectivity index (χ1v) is 4.02. The third-order valence-electron chi connectivity index (χ3n) is 1.75. The highest BCUT2D eigenvalue weighted by Gasteiger charge is 2.08. The number of rotatable bonds is 4. The highest BCUT2D eigenvalue weighted by Crippen LogP contribution is 2.09. The zero-order chi connectivity index (χ0) is 8.97. The minimum Gasteiger partial charge on any atom is -0.481 e. The Morgan fingerprint density at radius 2 is 2.50 bits per heavy atom. The lowest BCUT2D eigenvalue weighted by Gasteiger charge is -2.05. The summed E-state index contributed by atoms with van der Waals surface area (Å²) in [6.07, 6.45) is 2.89. The van der Waals surface area contributed by atoms with Crippen LogP contribution in [0, 0.1) is 5.92 Å². The molecule has 0 saturated carbocycles. The lowest BCUT2D eigenvalue weighted by Crippen LogP contribution is -2.06. The molecular formula is C9H13NO2. The fourth-order valence-electron chi connectivity index (χ4n) is 1.24. The molecule has 12 heavy (non-hydrogen) atoms. The lowest BCUT2D eigenvalue weighted by atomic mass is 10.0. The molecule has 1 heterocycles. The molecule has 0 aromatic carbocycles. The number of aliphatic carboxylic acids is 1. The summed E-state index contributed by atoms with van der Waals surface area (Å²) in [7, 11) is 0. The van der Waals surface area contributed by atoms with E-state index in [9.17, 15) is 4.79 Å². The standard InChI is InChI=1S/C9H13NO2/c1-7(6-9(11)12)5-8-3-2-4-10-8/h2-4,7,10H,5-6H2,1H3,(H,11,12). The Morgan fingerprint density at radius 3 is 3.00 bits per heavy atom. The molecule has 1 aromatic rings. The Labute approximate surface area is 71.4 Å². The van der Waals surface area contributed by atoms with Gasteiger partial charge in [-0.15, -0.1) is 0 Å². The fourth-order valence-corrected chi connectivity index (χ4v) is 1.24. The van der Waals surface area contributed by atoms with Gasteiger partial charge in [-0.1, -0.05) is 6.92 Å². The maximum atomic E-state index is 10.3. The van der Waals surface area contributed by atoms with Crippen molar-refractivity contribution < 1.29 is 9.90 Å². The van der Waals surface area contributed by atoms with E-state index in [0.29, 0.717) is 0 Å². The molecule has 0 fully saturated rings. The fraction of sp³-hybridized carbons (Fsp3) is 0.444. The smallest absolute Gasteiger partial charge is 0.303 e. The number of hydrogen-bond acceptors (Lipinski definition) is 1. The van der Waals surface area contributed by atoms with Gasteiger partial charge in [0.25, 0.3) is 0 Å². The van der Waals surface area contributed by atoms with Gasteiger partial charge >= 0.3 is 5.97 Å². The average molecular weight is 167 g/mol. The van der Waals surface area contributed by atoms with Crippen molar-refractivity contribution in [3.63, 3.8) is 0 Å². The maximum absolute atomic E-state index is 10.3. The summed E-state index contributed by atoms with van der Waals surface area (Å²) < 4.78 is 0. The first kappa shape index (κ1) is 8.84. The largest absolute Gasteiger partial charge is 0.481 e. The van der Waals surface area contributed by atoms with Crippen molar-refractivity contribution in [3.05, 3.63) is 24.0 Å². The third kappa shape index (κ3) is 2.78. The highest BCUT2D eigenvalue weighted by atomic mass is 16.4. The normalized spacial score (nSPS) is 12.8. The summed E-state index contributed by atoms with van der Waals surface area (Å²) in [6.45, 7) is 1.94. The zero-order valence-corrected chi connectivity index (χ0v) is 7.08. The number of aromatic nitrogens is 1. The molecule has 0 amide bonds. The van der Waals surface area contributed by atoms with E-state index in [0.717, 1.165) is 12.1 Å². The predicted molar refractivity (Wildman–Crippen MR) is 45.9 cm³/mol. The van der Waals surface area contributed by atoms with E-state index in [2.05, 4.69) is 4.98 Å². The van der Waals surface area contributed by atoms with Crippen LogP contribution in [0.25, 0.3) is 0 Å². The number of carboxylic acids is 1. The van der Waals surface area contributed by atoms with Crippen LogP contribution in [0.4, 0.5) is 0 Å². The average Bonchev–Trinajstić information content (AvgIpc) is 2.37. The van der Waals surface area contributed by atoms with Crippen molar-refractivity contribution in [2.75, 3.05) is 0 Å². The van der Waals surface area contributed by atoms with Crippen LogP contribution in [0.1, 0.15) is 19.0 Å². The minimum atomic E-state index is -0.728. The molecule has 0 aliphatic carbocycles. The van der Waals surface area contributed by atoms with Gasteiger partial charge in [0, 0.05) is 18.3 Å². The van der Waals surface area contributed by atoms with Crippen LogP contribution in [-0.4, -0.2) is 16.1 Å². The summed E-state index contributed by atoms with van der Waals surface area (Å²) in [4.78, 5) is 13.4. The van der Waals surface area contributed by atoms with Crippen LogP contribution < -0.4 is 0 Å². The van der Waals surface area contributed by atoms with Crippen LogP contribution in [-0.2, 0) is 11.2 Å². The summed E-state index contributed by atoms with van der Waals surface area (Å²) in [6, 6.07) is 3.89. The Bertz CT molecular complexity index is 241. The van der Waals surface area contributed by atoms with Gasteiger partial charge in [-0.2, -0.15) is 0 Å². The van der Waals surface area contributed by atoms with E-state index in [1.807, 2.05) is 25.3 Å². The van der Waals surface area contributed by atoms with E-state index in [1.54, 1.807) is 0 Å². The second kappa shape index (κ2) is 3.95. The topological polar surface area (TPSA) is 53.1 Å². The molecule has 0 bridgehead atoms. The molecule has 1 unspecified atom stereocenters. The van der Waals surface area contributed by atoms with E-state index >= 15 is 0 Å². The molecule has 1 rings (SSSR count). The molecule has 1 aromatic heterocycles. The van der Waals surface area contributed by atoms with Gasteiger partial charge in [0.15, 0.2) is 0 Å². The summed E-state index contributed by atoms with van der Waals surface area (Å²) in [5.74, 6) is -0.532. The molecule has 0 spiro atoms. The van der Waals surface area contributed by atoms with E-state index in [1.165, 1.54) is 0 Å². The number of carbonyl (C=O) groups is 1. The second-order valence-electron chi connectivity index (χ2n) is 3.10. The van der Waals surface area contributed by atoms with Gasteiger partial charge < -0.3 is 10.1 Å². The maximum Gasteiger partial charge on any atom is 0.303 e. The second-order valence-corrected chi connectivity index (χ2v) is 3.10. The molecule has 66 valence electrons. The molecule has 0 aliphatic rings. The monoisotopic (exact) mass is 167 g/mol. The van der Waals surface area contributed by atoms with Crippen LogP contribution in [0.3, 0.4) is 0 Å². The highest BCUT2D eigenvalue weighted by molar-refractivity contribution is 5.66. The van der Waals surface area contributed by atoms with Crippen molar-refractivity contribution in [1.29, 1.82) is 0 Å². The molecule has 0 aliphatic heterocycles. The van der Waals surface area contributed by atoms with Crippen LogP contribution in [0.15, 0.2) is 18.3 Å². The number of nitrogens with one attached hydrogen (secondary N) is 1. The van der Waals surface area contributed by atoms with Crippen molar-refractivity contribution >= 4 is 5.97 Å². The Balaban J connectivity index is 2.36. The van der Waals surface area contributed by atoms with Gasteiger partial charge in [-0.05, 0) is 24.5 Å². The Kier molecular flexibility index (Phi) is 2.91. The van der Waals surface area contributed by atoms with Gasteiger partial charge in [0.05, 0.1) is 0 Å². The molecule has 3 heteroatoms. The summed E-state index contributed by atoms with van der Waals surface area (Å²) >= 11 is 0.